The first-order valence-electron chi connectivity index (χ1n) is 7.74. The Hall–Kier alpha value is -1.63. The average molecular weight is 393 g/mol. The Morgan fingerprint density at radius 3 is 2.84 bits per heavy atom. The highest BCUT2D eigenvalue weighted by Gasteiger charge is 2.20. The van der Waals surface area contributed by atoms with Crippen LogP contribution in [-0.2, 0) is 16.1 Å². The van der Waals surface area contributed by atoms with Gasteiger partial charge in [0.25, 0.3) is 0 Å². The van der Waals surface area contributed by atoms with Crippen LogP contribution < -0.4 is 0 Å². The molecule has 0 saturated heterocycles. The lowest BCUT2D eigenvalue weighted by atomic mass is 10.2. The van der Waals surface area contributed by atoms with Crippen LogP contribution in [0, 0.1) is 13.8 Å². The first-order chi connectivity index (χ1) is 12.0. The van der Waals surface area contributed by atoms with E-state index in [-0.39, 0.29) is 17.8 Å². The first kappa shape index (κ1) is 18.2. The SMILES string of the molecule is Cc1sc2ncnc(S[C@@H](C)C(=O)OCc3ccccc3Cl)c2c1C. The second-order valence-electron chi connectivity index (χ2n) is 5.60. The zero-order valence-corrected chi connectivity index (χ0v) is 16.5. The summed E-state index contributed by atoms with van der Waals surface area (Å²) < 4.78 is 5.41. The Kier molecular flexibility index (Phi) is 5.61. The molecule has 0 aliphatic rings. The number of thioether (sulfide) groups is 1. The largest absolute Gasteiger partial charge is 0.460 e. The number of nitrogens with zero attached hydrogens (tertiary/aromatic N) is 2. The van der Waals surface area contributed by atoms with Crippen molar-refractivity contribution in [2.24, 2.45) is 0 Å². The fourth-order valence-electron chi connectivity index (χ4n) is 2.34. The van der Waals surface area contributed by atoms with Gasteiger partial charge in [-0.2, -0.15) is 0 Å². The molecular formula is C18H17ClN2O2S2. The summed E-state index contributed by atoms with van der Waals surface area (Å²) in [5, 5.41) is 2.06. The topological polar surface area (TPSA) is 52.1 Å². The number of carbonyl (C=O) groups is 1. The van der Waals surface area contributed by atoms with Crippen molar-refractivity contribution in [3.8, 4) is 0 Å². The maximum Gasteiger partial charge on any atom is 0.319 e. The molecule has 2 aromatic heterocycles. The summed E-state index contributed by atoms with van der Waals surface area (Å²) in [6.45, 7) is 6.11. The molecule has 0 aliphatic heterocycles. The van der Waals surface area contributed by atoms with Crippen LogP contribution in [0.1, 0.15) is 22.9 Å². The van der Waals surface area contributed by atoms with Crippen LogP contribution in [0.15, 0.2) is 35.6 Å². The Morgan fingerprint density at radius 2 is 2.08 bits per heavy atom. The van der Waals surface area contributed by atoms with Crippen molar-refractivity contribution in [1.82, 2.24) is 9.97 Å². The molecule has 0 bridgehead atoms. The van der Waals surface area contributed by atoms with E-state index in [0.29, 0.717) is 5.02 Å². The molecule has 0 saturated carbocycles. The molecule has 3 aromatic rings. The maximum absolute atomic E-state index is 12.3. The lowest BCUT2D eigenvalue weighted by Gasteiger charge is -2.12. The number of hydrogen-bond acceptors (Lipinski definition) is 6. The van der Waals surface area contributed by atoms with Gasteiger partial charge in [-0.3, -0.25) is 4.79 Å². The zero-order chi connectivity index (χ0) is 18.0. The molecule has 0 amide bonds. The van der Waals surface area contributed by atoms with Crippen molar-refractivity contribution in [2.45, 2.75) is 37.7 Å². The number of carbonyl (C=O) groups excluding carboxylic acids is 1. The number of aromatic nitrogens is 2. The quantitative estimate of drug-likeness (QED) is 0.340. The smallest absolute Gasteiger partial charge is 0.319 e. The number of thiophene rings is 1. The Balaban J connectivity index is 1.71. The number of benzene rings is 1. The van der Waals surface area contributed by atoms with E-state index in [1.54, 1.807) is 23.7 Å². The molecule has 25 heavy (non-hydrogen) atoms. The summed E-state index contributed by atoms with van der Waals surface area (Å²) in [5.41, 5.74) is 1.96. The van der Waals surface area contributed by atoms with Crippen molar-refractivity contribution in [2.75, 3.05) is 0 Å². The molecule has 0 unspecified atom stereocenters. The predicted octanol–water partition coefficient (Wildman–Crippen LogP) is 5.19. The minimum Gasteiger partial charge on any atom is -0.460 e. The molecule has 3 rings (SSSR count). The number of rotatable bonds is 5. The van der Waals surface area contributed by atoms with Gasteiger partial charge in [0.1, 0.15) is 28.0 Å². The lowest BCUT2D eigenvalue weighted by Crippen LogP contribution is -2.17. The second-order valence-corrected chi connectivity index (χ2v) is 8.54. The summed E-state index contributed by atoms with van der Waals surface area (Å²) in [6.07, 6.45) is 1.54. The summed E-state index contributed by atoms with van der Waals surface area (Å²) >= 11 is 9.13. The van der Waals surface area contributed by atoms with Crippen molar-refractivity contribution in [3.63, 3.8) is 0 Å². The molecular weight excluding hydrogens is 376 g/mol. The Labute approximate surface area is 159 Å². The molecule has 4 nitrogen and oxygen atoms in total. The Morgan fingerprint density at radius 1 is 1.32 bits per heavy atom. The van der Waals surface area contributed by atoms with Crippen LogP contribution in [0.3, 0.4) is 0 Å². The van der Waals surface area contributed by atoms with Crippen LogP contribution in [0.4, 0.5) is 0 Å². The fraction of sp³-hybridized carbons (Fsp3) is 0.278. The van der Waals surface area contributed by atoms with E-state index < -0.39 is 0 Å². The van der Waals surface area contributed by atoms with Gasteiger partial charge >= 0.3 is 5.97 Å². The molecule has 7 heteroatoms. The van der Waals surface area contributed by atoms with E-state index in [0.717, 1.165) is 20.8 Å². The van der Waals surface area contributed by atoms with Crippen LogP contribution in [-0.4, -0.2) is 21.2 Å². The van der Waals surface area contributed by atoms with E-state index in [2.05, 4.69) is 23.8 Å². The minimum absolute atomic E-state index is 0.166. The van der Waals surface area contributed by atoms with Crippen LogP contribution in [0.5, 0.6) is 0 Å². The fourth-order valence-corrected chi connectivity index (χ4v) is 4.56. The molecule has 130 valence electrons. The van der Waals surface area contributed by atoms with Crippen LogP contribution in [0.2, 0.25) is 5.02 Å². The number of hydrogen-bond donors (Lipinski definition) is 0. The minimum atomic E-state index is -0.375. The molecule has 0 fully saturated rings. The van der Waals surface area contributed by atoms with E-state index in [1.165, 1.54) is 22.2 Å². The van der Waals surface area contributed by atoms with Gasteiger partial charge in [0.2, 0.25) is 0 Å². The second kappa shape index (κ2) is 7.72. The van der Waals surface area contributed by atoms with Crippen molar-refractivity contribution < 1.29 is 9.53 Å². The summed E-state index contributed by atoms with van der Waals surface area (Å²) in [7, 11) is 0. The van der Waals surface area contributed by atoms with E-state index in [9.17, 15) is 4.79 Å². The average Bonchev–Trinajstić information content (AvgIpc) is 2.89. The number of ether oxygens (including phenoxy) is 1. The van der Waals surface area contributed by atoms with Crippen molar-refractivity contribution in [3.05, 3.63) is 51.6 Å². The highest BCUT2D eigenvalue weighted by atomic mass is 35.5. The number of aryl methyl sites for hydroxylation is 2. The molecule has 2 heterocycles. The standard InChI is InChI=1S/C18H17ClN2O2S2/c1-10-11(2)24-16-15(10)17(21-9-20-16)25-12(3)18(22)23-8-13-6-4-5-7-14(13)19/h4-7,9,12H,8H2,1-3H3/t12-/m0/s1. The lowest BCUT2D eigenvalue weighted by molar-refractivity contribution is -0.143. The van der Waals surface area contributed by atoms with Gasteiger partial charge in [-0.05, 0) is 32.4 Å². The van der Waals surface area contributed by atoms with E-state index >= 15 is 0 Å². The summed E-state index contributed by atoms with van der Waals surface area (Å²) in [4.78, 5) is 23.2. The van der Waals surface area contributed by atoms with E-state index in [4.69, 9.17) is 16.3 Å². The van der Waals surface area contributed by atoms with Crippen LogP contribution in [0.25, 0.3) is 10.2 Å². The van der Waals surface area contributed by atoms with Gasteiger partial charge in [0.05, 0.1) is 0 Å². The third-order valence-electron chi connectivity index (χ3n) is 3.88. The van der Waals surface area contributed by atoms with Gasteiger partial charge in [-0.15, -0.1) is 11.3 Å². The molecule has 0 radical (unpaired) electrons. The number of halogens is 1. The van der Waals surface area contributed by atoms with Gasteiger partial charge in [0.15, 0.2) is 0 Å². The monoisotopic (exact) mass is 392 g/mol. The van der Waals surface area contributed by atoms with Crippen molar-refractivity contribution in [1.29, 1.82) is 0 Å². The van der Waals surface area contributed by atoms with Crippen molar-refractivity contribution >= 4 is 50.9 Å². The summed E-state index contributed by atoms with van der Waals surface area (Å²) in [6, 6.07) is 7.34. The number of fused-ring (bicyclic) bond motifs is 1. The molecule has 0 spiro atoms. The molecule has 1 aromatic carbocycles. The molecule has 0 N–H and O–H groups in total. The van der Waals surface area contributed by atoms with Gasteiger partial charge in [0, 0.05) is 20.8 Å². The third-order valence-corrected chi connectivity index (χ3v) is 6.44. The highest BCUT2D eigenvalue weighted by Crippen LogP contribution is 2.36. The third kappa shape index (κ3) is 3.97. The van der Waals surface area contributed by atoms with E-state index in [1.807, 2.05) is 25.1 Å². The Bertz CT molecular complexity index is 927. The molecule has 0 aliphatic carbocycles. The van der Waals surface area contributed by atoms with Gasteiger partial charge < -0.3 is 4.74 Å². The predicted molar refractivity (Wildman–Crippen MR) is 103 cm³/mol. The summed E-state index contributed by atoms with van der Waals surface area (Å²) in [5.74, 6) is -0.290. The highest BCUT2D eigenvalue weighted by molar-refractivity contribution is 8.00. The normalized spacial score (nSPS) is 12.3. The van der Waals surface area contributed by atoms with Crippen LogP contribution >= 0.6 is 34.7 Å². The van der Waals surface area contributed by atoms with Gasteiger partial charge in [-0.25, -0.2) is 9.97 Å². The maximum atomic E-state index is 12.3. The molecule has 1 atom stereocenters. The van der Waals surface area contributed by atoms with Gasteiger partial charge in [-0.1, -0.05) is 41.6 Å². The zero-order valence-electron chi connectivity index (χ0n) is 14.1. The first-order valence-corrected chi connectivity index (χ1v) is 9.82. The number of esters is 1.